The average Bonchev–Trinajstić information content (AvgIpc) is 2.63. The molecule has 0 aliphatic carbocycles. The molecule has 3 N–H and O–H groups in total. The lowest BCUT2D eigenvalue weighted by Gasteiger charge is -2.17. The van der Waals surface area contributed by atoms with Crippen molar-refractivity contribution in [2.75, 3.05) is 38.6 Å². The van der Waals surface area contributed by atoms with Crippen molar-refractivity contribution in [2.24, 2.45) is 0 Å². The number of benzene rings is 1. The molecule has 0 atom stereocenters. The van der Waals surface area contributed by atoms with Crippen LogP contribution in [0.4, 0.5) is 5.69 Å². The molecule has 0 bridgehead atoms. The maximum atomic E-state index is 5.77. The van der Waals surface area contributed by atoms with E-state index in [1.807, 2.05) is 18.2 Å². The first kappa shape index (κ1) is 12.4. The number of nitrogens with zero attached hydrogens (tertiary/aromatic N) is 2. The first-order valence-corrected chi connectivity index (χ1v) is 6.85. The molecule has 5 heteroatoms. The SMILES string of the molecule is Nc1ccc2nc(CCN3CCCOCC3)[nH]c2c1. The molecule has 2 aromatic rings. The quantitative estimate of drug-likeness (QED) is 0.819. The van der Waals surface area contributed by atoms with Gasteiger partial charge in [0.05, 0.1) is 17.6 Å². The number of aromatic amines is 1. The molecule has 1 aliphatic rings. The fourth-order valence-corrected chi connectivity index (χ4v) is 2.48. The number of anilines is 1. The summed E-state index contributed by atoms with van der Waals surface area (Å²) in [4.78, 5) is 10.4. The Labute approximate surface area is 112 Å². The molecule has 5 nitrogen and oxygen atoms in total. The van der Waals surface area contributed by atoms with Gasteiger partial charge in [0.25, 0.3) is 0 Å². The van der Waals surface area contributed by atoms with Gasteiger partial charge in [0.15, 0.2) is 0 Å². The van der Waals surface area contributed by atoms with E-state index in [2.05, 4.69) is 14.9 Å². The molecule has 102 valence electrons. The zero-order valence-electron chi connectivity index (χ0n) is 11.1. The minimum absolute atomic E-state index is 0.771. The predicted molar refractivity (Wildman–Crippen MR) is 76.1 cm³/mol. The molecule has 1 aromatic carbocycles. The first-order valence-electron chi connectivity index (χ1n) is 6.85. The number of hydrogen-bond acceptors (Lipinski definition) is 4. The minimum atomic E-state index is 0.771. The predicted octanol–water partition coefficient (Wildman–Crippen LogP) is 1.41. The zero-order chi connectivity index (χ0) is 13.1. The Hall–Kier alpha value is -1.59. The Morgan fingerprint density at radius 2 is 2.26 bits per heavy atom. The molecule has 19 heavy (non-hydrogen) atoms. The molecule has 1 saturated heterocycles. The smallest absolute Gasteiger partial charge is 0.108 e. The van der Waals surface area contributed by atoms with E-state index >= 15 is 0 Å². The van der Waals surface area contributed by atoms with Gasteiger partial charge in [-0.05, 0) is 24.6 Å². The Balaban J connectivity index is 1.64. The van der Waals surface area contributed by atoms with Gasteiger partial charge in [-0.2, -0.15) is 0 Å². The van der Waals surface area contributed by atoms with Crippen LogP contribution in [-0.2, 0) is 11.2 Å². The van der Waals surface area contributed by atoms with Crippen molar-refractivity contribution in [1.82, 2.24) is 14.9 Å². The molecular weight excluding hydrogens is 240 g/mol. The molecule has 0 radical (unpaired) electrons. The Morgan fingerprint density at radius 3 is 3.21 bits per heavy atom. The summed E-state index contributed by atoms with van der Waals surface area (Å²) in [6.07, 6.45) is 2.06. The van der Waals surface area contributed by atoms with Gasteiger partial charge in [-0.1, -0.05) is 0 Å². The maximum Gasteiger partial charge on any atom is 0.108 e. The van der Waals surface area contributed by atoms with E-state index < -0.39 is 0 Å². The second-order valence-corrected chi connectivity index (χ2v) is 5.02. The van der Waals surface area contributed by atoms with E-state index in [4.69, 9.17) is 10.5 Å². The number of nitrogen functional groups attached to an aromatic ring is 1. The van der Waals surface area contributed by atoms with E-state index in [-0.39, 0.29) is 0 Å². The number of nitrogens with one attached hydrogen (secondary N) is 1. The highest BCUT2D eigenvalue weighted by Crippen LogP contribution is 2.15. The van der Waals surface area contributed by atoms with Crippen LogP contribution in [0, 0.1) is 0 Å². The number of H-pyrrole nitrogens is 1. The van der Waals surface area contributed by atoms with E-state index in [9.17, 15) is 0 Å². The van der Waals surface area contributed by atoms with Crippen molar-refractivity contribution < 1.29 is 4.74 Å². The van der Waals surface area contributed by atoms with Gasteiger partial charge in [0.1, 0.15) is 5.82 Å². The molecule has 1 fully saturated rings. The van der Waals surface area contributed by atoms with Crippen LogP contribution in [0.25, 0.3) is 11.0 Å². The summed E-state index contributed by atoms with van der Waals surface area (Å²) in [5, 5.41) is 0. The number of nitrogens with two attached hydrogens (primary N) is 1. The second-order valence-electron chi connectivity index (χ2n) is 5.02. The van der Waals surface area contributed by atoms with Crippen molar-refractivity contribution >= 4 is 16.7 Å². The lowest BCUT2D eigenvalue weighted by Crippen LogP contribution is -2.28. The van der Waals surface area contributed by atoms with Crippen molar-refractivity contribution in [1.29, 1.82) is 0 Å². The van der Waals surface area contributed by atoms with Gasteiger partial charge in [0, 0.05) is 38.3 Å². The van der Waals surface area contributed by atoms with Crippen LogP contribution >= 0.6 is 0 Å². The largest absolute Gasteiger partial charge is 0.399 e. The van der Waals surface area contributed by atoms with Crippen molar-refractivity contribution in [3.05, 3.63) is 24.0 Å². The van der Waals surface area contributed by atoms with Gasteiger partial charge in [0.2, 0.25) is 0 Å². The van der Waals surface area contributed by atoms with Gasteiger partial charge < -0.3 is 20.4 Å². The summed E-state index contributed by atoms with van der Waals surface area (Å²) in [6.45, 7) is 4.90. The lowest BCUT2D eigenvalue weighted by molar-refractivity contribution is 0.141. The van der Waals surface area contributed by atoms with E-state index in [1.54, 1.807) is 0 Å². The standard InChI is InChI=1S/C14H20N4O/c15-11-2-3-12-13(10-11)17-14(16-12)4-6-18-5-1-8-19-9-7-18/h2-3,10H,1,4-9,15H2,(H,16,17). The van der Waals surface area contributed by atoms with Gasteiger partial charge in [-0.3, -0.25) is 0 Å². The fourth-order valence-electron chi connectivity index (χ4n) is 2.48. The molecule has 0 unspecified atom stereocenters. The highest BCUT2D eigenvalue weighted by atomic mass is 16.5. The van der Waals surface area contributed by atoms with Gasteiger partial charge in [-0.15, -0.1) is 0 Å². The minimum Gasteiger partial charge on any atom is -0.399 e. The molecule has 1 aliphatic heterocycles. The normalized spacial score (nSPS) is 17.7. The summed E-state index contributed by atoms with van der Waals surface area (Å²) >= 11 is 0. The summed E-state index contributed by atoms with van der Waals surface area (Å²) in [7, 11) is 0. The highest BCUT2D eigenvalue weighted by Gasteiger charge is 2.10. The average molecular weight is 260 g/mol. The summed E-state index contributed by atoms with van der Waals surface area (Å²) in [5.41, 5.74) is 8.55. The van der Waals surface area contributed by atoms with E-state index in [0.717, 1.165) is 68.2 Å². The topological polar surface area (TPSA) is 67.2 Å². The van der Waals surface area contributed by atoms with Crippen molar-refractivity contribution in [3.63, 3.8) is 0 Å². The van der Waals surface area contributed by atoms with Crippen LogP contribution in [0.1, 0.15) is 12.2 Å². The highest BCUT2D eigenvalue weighted by molar-refractivity contribution is 5.78. The number of rotatable bonds is 3. The molecule has 0 spiro atoms. The van der Waals surface area contributed by atoms with Crippen LogP contribution in [0.5, 0.6) is 0 Å². The van der Waals surface area contributed by atoms with Crippen LogP contribution < -0.4 is 5.73 Å². The Morgan fingerprint density at radius 1 is 1.32 bits per heavy atom. The number of fused-ring (bicyclic) bond motifs is 1. The van der Waals surface area contributed by atoms with E-state index in [1.165, 1.54) is 0 Å². The summed E-state index contributed by atoms with van der Waals surface area (Å²) in [5.74, 6) is 1.03. The number of hydrogen-bond donors (Lipinski definition) is 2. The van der Waals surface area contributed by atoms with Crippen molar-refractivity contribution in [2.45, 2.75) is 12.8 Å². The lowest BCUT2D eigenvalue weighted by atomic mass is 10.3. The van der Waals surface area contributed by atoms with Gasteiger partial charge in [-0.25, -0.2) is 4.98 Å². The maximum absolute atomic E-state index is 5.77. The third-order valence-corrected chi connectivity index (χ3v) is 3.53. The molecule has 2 heterocycles. The molecular formula is C14H20N4O. The molecule has 0 amide bonds. The van der Waals surface area contributed by atoms with E-state index in [0.29, 0.717) is 0 Å². The Bertz CT molecular complexity index is 543. The second kappa shape index (κ2) is 5.59. The van der Waals surface area contributed by atoms with Crippen LogP contribution in [0.2, 0.25) is 0 Å². The Kier molecular flexibility index (Phi) is 3.66. The number of imidazole rings is 1. The molecule has 3 rings (SSSR count). The fraction of sp³-hybridized carbons (Fsp3) is 0.500. The molecule has 0 saturated carbocycles. The van der Waals surface area contributed by atoms with Crippen LogP contribution in [0.15, 0.2) is 18.2 Å². The summed E-state index contributed by atoms with van der Waals surface area (Å²) in [6, 6.07) is 5.79. The third-order valence-electron chi connectivity index (χ3n) is 3.53. The third kappa shape index (κ3) is 3.05. The monoisotopic (exact) mass is 260 g/mol. The number of aromatic nitrogens is 2. The van der Waals surface area contributed by atoms with Crippen LogP contribution in [-0.4, -0.2) is 47.7 Å². The van der Waals surface area contributed by atoms with Crippen molar-refractivity contribution in [3.8, 4) is 0 Å². The summed E-state index contributed by atoms with van der Waals surface area (Å²) < 4.78 is 5.46. The van der Waals surface area contributed by atoms with Gasteiger partial charge >= 0.3 is 0 Å². The first-order chi connectivity index (χ1) is 9.31. The molecule has 1 aromatic heterocycles. The zero-order valence-corrected chi connectivity index (χ0v) is 11.1. The van der Waals surface area contributed by atoms with Crippen LogP contribution in [0.3, 0.4) is 0 Å². The number of ether oxygens (including phenoxy) is 1.